The van der Waals surface area contributed by atoms with Crippen LogP contribution in [0.5, 0.6) is 5.75 Å². The molecule has 3 aromatic rings. The van der Waals surface area contributed by atoms with Gasteiger partial charge in [0.2, 0.25) is 0 Å². The minimum Gasteiger partial charge on any atom is -0.497 e. The predicted molar refractivity (Wildman–Crippen MR) is 99.8 cm³/mol. The summed E-state index contributed by atoms with van der Waals surface area (Å²) >= 11 is 0. The molecule has 4 heteroatoms. The zero-order chi connectivity index (χ0) is 18.4. The Morgan fingerprint density at radius 2 is 1.76 bits per heavy atom. The zero-order valence-electron chi connectivity index (χ0n) is 15.2. The van der Waals surface area contributed by atoms with Crippen LogP contribution in [0.15, 0.2) is 47.3 Å². The summed E-state index contributed by atoms with van der Waals surface area (Å²) < 4.78 is 20.9. The number of fused-ring (bicyclic) bond motifs is 1. The Kier molecular flexibility index (Phi) is 4.15. The molecule has 0 bridgehead atoms. The average Bonchev–Trinajstić information content (AvgIpc) is 2.56. The van der Waals surface area contributed by atoms with E-state index < -0.39 is 0 Å². The average molecular weight is 339 g/mol. The number of rotatable bonds is 2. The van der Waals surface area contributed by atoms with Crippen molar-refractivity contribution in [1.82, 2.24) is 4.57 Å². The molecule has 2 aromatic carbocycles. The van der Waals surface area contributed by atoms with Crippen LogP contribution in [0.1, 0.15) is 26.5 Å². The van der Waals surface area contributed by atoms with Crippen molar-refractivity contribution in [2.24, 2.45) is 7.05 Å². The van der Waals surface area contributed by atoms with Gasteiger partial charge in [0.15, 0.2) is 0 Å². The van der Waals surface area contributed by atoms with Crippen LogP contribution in [0.3, 0.4) is 0 Å². The highest BCUT2D eigenvalue weighted by Crippen LogP contribution is 2.38. The van der Waals surface area contributed by atoms with E-state index in [1.54, 1.807) is 36.9 Å². The van der Waals surface area contributed by atoms with Crippen LogP contribution in [-0.4, -0.2) is 11.7 Å². The van der Waals surface area contributed by atoms with E-state index in [1.165, 1.54) is 12.1 Å². The fraction of sp³-hybridized carbons (Fsp3) is 0.286. The first-order chi connectivity index (χ1) is 11.7. The van der Waals surface area contributed by atoms with E-state index in [0.29, 0.717) is 11.1 Å². The van der Waals surface area contributed by atoms with Crippen LogP contribution >= 0.6 is 0 Å². The molecule has 25 heavy (non-hydrogen) atoms. The van der Waals surface area contributed by atoms with Gasteiger partial charge in [0.05, 0.1) is 7.11 Å². The standard InChI is InChI=1S/C21H22FNO2/c1-21(2,3)19-18(13-7-6-8-14(22)11-13)17-12-15(25-5)9-10-16(17)20(24)23(19)4/h6-12H,1-5H3. The second-order valence-electron chi connectivity index (χ2n) is 7.26. The van der Waals surface area contributed by atoms with Crippen molar-refractivity contribution >= 4 is 10.8 Å². The van der Waals surface area contributed by atoms with E-state index in [0.717, 1.165) is 22.2 Å². The Morgan fingerprint density at radius 3 is 2.36 bits per heavy atom. The summed E-state index contributed by atoms with van der Waals surface area (Å²) in [6, 6.07) is 11.9. The summed E-state index contributed by atoms with van der Waals surface area (Å²) in [5.74, 6) is 0.362. The lowest BCUT2D eigenvalue weighted by atomic mass is 9.83. The molecular formula is C21H22FNO2. The van der Waals surface area contributed by atoms with Gasteiger partial charge in [0.25, 0.3) is 5.56 Å². The molecule has 1 aromatic heterocycles. The molecule has 0 saturated carbocycles. The molecule has 130 valence electrons. The van der Waals surface area contributed by atoms with Crippen molar-refractivity contribution in [2.45, 2.75) is 26.2 Å². The van der Waals surface area contributed by atoms with Gasteiger partial charge in [-0.2, -0.15) is 0 Å². The summed E-state index contributed by atoms with van der Waals surface area (Å²) in [6.45, 7) is 6.16. The highest BCUT2D eigenvalue weighted by atomic mass is 19.1. The lowest BCUT2D eigenvalue weighted by molar-refractivity contribution is 0.415. The molecule has 0 aliphatic rings. The van der Waals surface area contributed by atoms with Gasteiger partial charge >= 0.3 is 0 Å². The lowest BCUT2D eigenvalue weighted by Gasteiger charge is -2.27. The largest absolute Gasteiger partial charge is 0.497 e. The van der Waals surface area contributed by atoms with Crippen LogP contribution in [0.25, 0.3) is 21.9 Å². The molecule has 0 spiro atoms. The fourth-order valence-corrected chi connectivity index (χ4v) is 3.44. The molecule has 0 aliphatic carbocycles. The van der Waals surface area contributed by atoms with Crippen LogP contribution in [-0.2, 0) is 12.5 Å². The van der Waals surface area contributed by atoms with E-state index >= 15 is 0 Å². The van der Waals surface area contributed by atoms with Crippen molar-refractivity contribution in [1.29, 1.82) is 0 Å². The van der Waals surface area contributed by atoms with Gasteiger partial charge in [-0.15, -0.1) is 0 Å². The highest BCUT2D eigenvalue weighted by Gasteiger charge is 2.26. The zero-order valence-corrected chi connectivity index (χ0v) is 15.2. The monoisotopic (exact) mass is 339 g/mol. The maximum Gasteiger partial charge on any atom is 0.258 e. The Bertz CT molecular complexity index is 1010. The third-order valence-corrected chi connectivity index (χ3v) is 4.43. The molecular weight excluding hydrogens is 317 g/mol. The number of hydrogen-bond donors (Lipinski definition) is 0. The number of benzene rings is 2. The third kappa shape index (κ3) is 2.93. The van der Waals surface area contributed by atoms with Crippen molar-refractivity contribution in [3.05, 3.63) is 64.3 Å². The lowest BCUT2D eigenvalue weighted by Crippen LogP contribution is -2.29. The quantitative estimate of drug-likeness (QED) is 0.680. The number of ether oxygens (including phenoxy) is 1. The number of nitrogens with zero attached hydrogens (tertiary/aromatic N) is 1. The number of aromatic nitrogens is 1. The fourth-order valence-electron chi connectivity index (χ4n) is 3.44. The Hall–Kier alpha value is -2.62. The SMILES string of the molecule is COc1ccc2c(=O)n(C)c(C(C)(C)C)c(-c3cccc(F)c3)c2c1. The molecule has 0 radical (unpaired) electrons. The maximum atomic E-state index is 13.9. The summed E-state index contributed by atoms with van der Waals surface area (Å²) in [5.41, 5.74) is 2.11. The number of methoxy groups -OCH3 is 1. The first-order valence-electron chi connectivity index (χ1n) is 8.21. The smallest absolute Gasteiger partial charge is 0.258 e. The topological polar surface area (TPSA) is 31.2 Å². The molecule has 0 aliphatic heterocycles. The maximum absolute atomic E-state index is 13.9. The van der Waals surface area contributed by atoms with Crippen LogP contribution in [0.2, 0.25) is 0 Å². The molecule has 0 amide bonds. The van der Waals surface area contributed by atoms with E-state index in [2.05, 4.69) is 20.8 Å². The van der Waals surface area contributed by atoms with E-state index in [9.17, 15) is 9.18 Å². The molecule has 3 nitrogen and oxygen atoms in total. The van der Waals surface area contributed by atoms with E-state index in [1.807, 2.05) is 12.1 Å². The Balaban J connectivity index is 2.58. The summed E-state index contributed by atoms with van der Waals surface area (Å²) in [6.07, 6.45) is 0. The van der Waals surface area contributed by atoms with Crippen LogP contribution < -0.4 is 10.3 Å². The molecule has 0 unspecified atom stereocenters. The Labute approximate surface area is 146 Å². The second kappa shape index (κ2) is 6.03. The van der Waals surface area contributed by atoms with Gasteiger partial charge in [-0.3, -0.25) is 4.79 Å². The first kappa shape index (κ1) is 17.2. The van der Waals surface area contributed by atoms with Gasteiger partial charge < -0.3 is 9.30 Å². The van der Waals surface area contributed by atoms with Crippen LogP contribution in [0, 0.1) is 5.82 Å². The van der Waals surface area contributed by atoms with Gasteiger partial charge in [-0.1, -0.05) is 32.9 Å². The highest BCUT2D eigenvalue weighted by molar-refractivity contribution is 5.98. The molecule has 1 heterocycles. The van der Waals surface area contributed by atoms with E-state index in [4.69, 9.17) is 4.74 Å². The molecule has 0 saturated heterocycles. The summed E-state index contributed by atoms with van der Waals surface area (Å²) in [4.78, 5) is 12.9. The number of pyridine rings is 1. The van der Waals surface area contributed by atoms with Crippen molar-refractivity contribution < 1.29 is 9.13 Å². The van der Waals surface area contributed by atoms with Crippen molar-refractivity contribution in [2.75, 3.05) is 7.11 Å². The molecule has 0 fully saturated rings. The number of halogens is 1. The minimum atomic E-state index is -0.303. The van der Waals surface area contributed by atoms with Gasteiger partial charge in [-0.25, -0.2) is 4.39 Å². The van der Waals surface area contributed by atoms with Crippen molar-refractivity contribution in [3.8, 4) is 16.9 Å². The summed E-state index contributed by atoms with van der Waals surface area (Å²) in [5, 5.41) is 1.37. The number of hydrogen-bond acceptors (Lipinski definition) is 2. The van der Waals surface area contributed by atoms with Crippen molar-refractivity contribution in [3.63, 3.8) is 0 Å². The molecule has 0 N–H and O–H groups in total. The first-order valence-corrected chi connectivity index (χ1v) is 8.21. The third-order valence-electron chi connectivity index (χ3n) is 4.43. The van der Waals surface area contributed by atoms with Gasteiger partial charge in [-0.05, 0) is 35.9 Å². The normalized spacial score (nSPS) is 11.8. The second-order valence-corrected chi connectivity index (χ2v) is 7.26. The molecule has 0 atom stereocenters. The van der Waals surface area contributed by atoms with Crippen LogP contribution in [0.4, 0.5) is 4.39 Å². The van der Waals surface area contributed by atoms with Gasteiger partial charge in [0.1, 0.15) is 11.6 Å². The Morgan fingerprint density at radius 1 is 1.04 bits per heavy atom. The summed E-state index contributed by atoms with van der Waals surface area (Å²) in [7, 11) is 3.37. The predicted octanol–water partition coefficient (Wildman–Crippen LogP) is 4.65. The van der Waals surface area contributed by atoms with E-state index in [-0.39, 0.29) is 16.8 Å². The van der Waals surface area contributed by atoms with Gasteiger partial charge in [0, 0.05) is 34.5 Å². The molecule has 3 rings (SSSR count). The minimum absolute atomic E-state index is 0.0669.